The summed E-state index contributed by atoms with van der Waals surface area (Å²) in [6.45, 7) is 8.04. The number of para-hydroxylation sites is 1. The van der Waals surface area contributed by atoms with Gasteiger partial charge < -0.3 is 15.1 Å². The van der Waals surface area contributed by atoms with Gasteiger partial charge in [-0.2, -0.15) is 10.1 Å². The lowest BCUT2D eigenvalue weighted by molar-refractivity contribution is 0.634. The largest absolute Gasteiger partial charge is 0.368 e. The second-order valence-electron chi connectivity index (χ2n) is 5.90. The van der Waals surface area contributed by atoms with E-state index in [1.54, 1.807) is 6.20 Å². The van der Waals surface area contributed by atoms with Crippen LogP contribution in [0.4, 0.5) is 17.5 Å². The molecule has 1 aromatic heterocycles. The number of nitrogens with zero attached hydrogens (tertiary/aromatic N) is 5. The first kappa shape index (κ1) is 15.5. The average Bonchev–Trinajstić information content (AvgIpc) is 2.63. The Morgan fingerprint density at radius 1 is 1.09 bits per heavy atom. The van der Waals surface area contributed by atoms with Crippen molar-refractivity contribution < 1.29 is 0 Å². The number of anilines is 3. The molecule has 6 nitrogen and oxygen atoms in total. The van der Waals surface area contributed by atoms with E-state index < -0.39 is 0 Å². The van der Waals surface area contributed by atoms with Crippen molar-refractivity contribution in [3.63, 3.8) is 0 Å². The van der Waals surface area contributed by atoms with Gasteiger partial charge >= 0.3 is 0 Å². The lowest BCUT2D eigenvalue weighted by Crippen LogP contribution is -2.47. The fourth-order valence-electron chi connectivity index (χ4n) is 2.66. The summed E-state index contributed by atoms with van der Waals surface area (Å²) in [6.07, 6.45) is 2.74. The van der Waals surface area contributed by atoms with Crippen LogP contribution in [-0.4, -0.2) is 47.4 Å². The predicted molar refractivity (Wildman–Crippen MR) is 94.1 cm³/mol. The zero-order valence-electron chi connectivity index (χ0n) is 13.8. The number of benzene rings is 1. The predicted octanol–water partition coefficient (Wildman–Crippen LogP) is 2.41. The summed E-state index contributed by atoms with van der Waals surface area (Å²) in [6, 6.07) is 10.9. The van der Waals surface area contributed by atoms with E-state index in [0.29, 0.717) is 12.0 Å². The van der Waals surface area contributed by atoms with Crippen LogP contribution in [-0.2, 0) is 0 Å². The van der Waals surface area contributed by atoms with Crippen LogP contribution in [0.25, 0.3) is 0 Å². The number of rotatable bonds is 5. The molecule has 0 bridgehead atoms. The summed E-state index contributed by atoms with van der Waals surface area (Å²) < 4.78 is 0. The van der Waals surface area contributed by atoms with Gasteiger partial charge in [0.15, 0.2) is 5.82 Å². The fraction of sp³-hybridized carbons (Fsp3) is 0.471. The Hall–Kier alpha value is -2.37. The van der Waals surface area contributed by atoms with Crippen LogP contribution < -0.4 is 15.1 Å². The van der Waals surface area contributed by atoms with Crippen molar-refractivity contribution in [2.75, 3.05) is 41.3 Å². The average molecular weight is 312 g/mol. The van der Waals surface area contributed by atoms with Gasteiger partial charge in [0, 0.05) is 37.9 Å². The van der Waals surface area contributed by atoms with Crippen molar-refractivity contribution in [2.24, 2.45) is 0 Å². The smallest absolute Gasteiger partial charge is 0.247 e. The highest BCUT2D eigenvalue weighted by Gasteiger charge is 2.19. The number of nitrogens with one attached hydrogen (secondary N) is 1. The zero-order chi connectivity index (χ0) is 16.1. The quantitative estimate of drug-likeness (QED) is 0.915. The SMILES string of the molecule is CCC(C)Nc1cnnc(N2CCN(c3ccccc3)CC2)n1. The number of hydrogen-bond acceptors (Lipinski definition) is 6. The molecule has 1 aliphatic heterocycles. The Morgan fingerprint density at radius 3 is 2.48 bits per heavy atom. The summed E-state index contributed by atoms with van der Waals surface area (Å²) in [4.78, 5) is 9.20. The Labute approximate surface area is 137 Å². The third-order valence-corrected chi connectivity index (χ3v) is 4.24. The van der Waals surface area contributed by atoms with Gasteiger partial charge in [-0.25, -0.2) is 0 Å². The van der Waals surface area contributed by atoms with Crippen LogP contribution in [0.2, 0.25) is 0 Å². The van der Waals surface area contributed by atoms with Gasteiger partial charge in [0.05, 0.1) is 6.20 Å². The molecule has 23 heavy (non-hydrogen) atoms. The first-order chi connectivity index (χ1) is 11.3. The van der Waals surface area contributed by atoms with Gasteiger partial charge in [0.1, 0.15) is 0 Å². The van der Waals surface area contributed by atoms with Crippen LogP contribution in [0.1, 0.15) is 20.3 Å². The Morgan fingerprint density at radius 2 is 1.78 bits per heavy atom. The summed E-state index contributed by atoms with van der Waals surface area (Å²) >= 11 is 0. The van der Waals surface area contributed by atoms with Gasteiger partial charge in [0.25, 0.3) is 0 Å². The third kappa shape index (κ3) is 3.88. The molecule has 0 spiro atoms. The van der Waals surface area contributed by atoms with Crippen LogP contribution in [0.15, 0.2) is 36.5 Å². The molecule has 0 aliphatic carbocycles. The van der Waals surface area contributed by atoms with Gasteiger partial charge in [0.2, 0.25) is 5.95 Å². The highest BCUT2D eigenvalue weighted by Crippen LogP contribution is 2.18. The van der Waals surface area contributed by atoms with E-state index in [1.165, 1.54) is 5.69 Å². The van der Waals surface area contributed by atoms with Crippen LogP contribution in [0.5, 0.6) is 0 Å². The minimum atomic E-state index is 0.384. The summed E-state index contributed by atoms with van der Waals surface area (Å²) in [5, 5.41) is 11.6. The van der Waals surface area contributed by atoms with E-state index in [9.17, 15) is 0 Å². The number of hydrogen-bond donors (Lipinski definition) is 1. The highest BCUT2D eigenvalue weighted by atomic mass is 15.4. The van der Waals surface area contributed by atoms with Crippen LogP contribution in [0, 0.1) is 0 Å². The second kappa shape index (κ2) is 7.26. The molecular formula is C17H24N6. The topological polar surface area (TPSA) is 57.2 Å². The first-order valence-electron chi connectivity index (χ1n) is 8.27. The Balaban J connectivity index is 1.62. The van der Waals surface area contributed by atoms with E-state index >= 15 is 0 Å². The Bertz CT molecular complexity index is 609. The van der Waals surface area contributed by atoms with E-state index in [4.69, 9.17) is 0 Å². The molecule has 1 fully saturated rings. The van der Waals surface area contributed by atoms with Gasteiger partial charge in [-0.15, -0.1) is 5.10 Å². The lowest BCUT2D eigenvalue weighted by atomic mass is 10.2. The molecule has 2 heterocycles. The van der Waals surface area contributed by atoms with Crippen molar-refractivity contribution in [3.05, 3.63) is 36.5 Å². The molecule has 0 radical (unpaired) electrons. The molecule has 0 saturated carbocycles. The van der Waals surface area contributed by atoms with Crippen LogP contribution >= 0.6 is 0 Å². The molecular weight excluding hydrogens is 288 g/mol. The first-order valence-corrected chi connectivity index (χ1v) is 8.27. The summed E-state index contributed by atoms with van der Waals surface area (Å²) in [5.41, 5.74) is 1.28. The number of aromatic nitrogens is 3. The molecule has 2 aromatic rings. The molecule has 1 saturated heterocycles. The molecule has 0 amide bonds. The molecule has 1 aliphatic rings. The zero-order valence-corrected chi connectivity index (χ0v) is 13.8. The minimum absolute atomic E-state index is 0.384. The molecule has 3 rings (SSSR count). The normalized spacial score (nSPS) is 16.3. The standard InChI is InChI=1S/C17H24N6/c1-3-14(2)19-16-13-18-21-17(20-16)23-11-9-22(10-12-23)15-7-5-4-6-8-15/h4-8,13-14H,3,9-12H2,1-2H3,(H,19,20,21). The molecule has 1 atom stereocenters. The van der Waals surface area contributed by atoms with E-state index in [-0.39, 0.29) is 0 Å². The molecule has 6 heteroatoms. The van der Waals surface area contributed by atoms with Crippen molar-refractivity contribution in [2.45, 2.75) is 26.3 Å². The molecule has 1 aromatic carbocycles. The monoisotopic (exact) mass is 312 g/mol. The minimum Gasteiger partial charge on any atom is -0.368 e. The maximum absolute atomic E-state index is 4.60. The maximum Gasteiger partial charge on any atom is 0.247 e. The third-order valence-electron chi connectivity index (χ3n) is 4.24. The van der Waals surface area contributed by atoms with Gasteiger partial charge in [-0.1, -0.05) is 25.1 Å². The Kier molecular flexibility index (Phi) is 4.90. The highest BCUT2D eigenvalue weighted by molar-refractivity contribution is 5.48. The van der Waals surface area contributed by atoms with Crippen molar-refractivity contribution >= 4 is 17.5 Å². The fourth-order valence-corrected chi connectivity index (χ4v) is 2.66. The van der Waals surface area contributed by atoms with E-state index in [1.807, 2.05) is 0 Å². The maximum atomic E-state index is 4.60. The van der Waals surface area contributed by atoms with Crippen molar-refractivity contribution in [1.82, 2.24) is 15.2 Å². The van der Waals surface area contributed by atoms with Crippen molar-refractivity contribution in [1.29, 1.82) is 0 Å². The molecule has 122 valence electrons. The lowest BCUT2D eigenvalue weighted by Gasteiger charge is -2.36. The number of piperazine rings is 1. The molecule has 1 unspecified atom stereocenters. The van der Waals surface area contributed by atoms with Crippen molar-refractivity contribution in [3.8, 4) is 0 Å². The second-order valence-corrected chi connectivity index (χ2v) is 5.90. The van der Waals surface area contributed by atoms with E-state index in [2.05, 4.69) is 74.5 Å². The summed E-state index contributed by atoms with van der Waals surface area (Å²) in [5.74, 6) is 1.51. The van der Waals surface area contributed by atoms with Gasteiger partial charge in [-0.3, -0.25) is 0 Å². The van der Waals surface area contributed by atoms with E-state index in [0.717, 1.165) is 38.4 Å². The van der Waals surface area contributed by atoms with Crippen LogP contribution in [0.3, 0.4) is 0 Å². The molecule has 1 N–H and O–H groups in total. The van der Waals surface area contributed by atoms with Gasteiger partial charge in [-0.05, 0) is 25.5 Å². The summed E-state index contributed by atoms with van der Waals surface area (Å²) in [7, 11) is 0.